The van der Waals surface area contributed by atoms with E-state index in [9.17, 15) is 14.7 Å². The molecule has 5 heteroatoms. The monoisotopic (exact) mass is 497 g/mol. The summed E-state index contributed by atoms with van der Waals surface area (Å²) < 4.78 is 5.30. The highest BCUT2D eigenvalue weighted by Crippen LogP contribution is 2.43. The van der Waals surface area contributed by atoms with Crippen molar-refractivity contribution in [2.45, 2.75) is 58.9 Å². The van der Waals surface area contributed by atoms with Crippen molar-refractivity contribution in [2.24, 2.45) is 0 Å². The SMILES string of the molecule is COc1ccc(/C(O)=C2/C(=O)C(=O)N(c3ccc(C(C)C)cc3)C2c2ccc(C(C)(C)C)cc2)c(C)c1. The van der Waals surface area contributed by atoms with Gasteiger partial charge in [-0.2, -0.15) is 0 Å². The summed E-state index contributed by atoms with van der Waals surface area (Å²) in [6.45, 7) is 12.5. The van der Waals surface area contributed by atoms with Crippen LogP contribution >= 0.6 is 0 Å². The third kappa shape index (κ3) is 4.91. The third-order valence-corrected chi connectivity index (χ3v) is 7.06. The number of hydrogen-bond donors (Lipinski definition) is 1. The van der Waals surface area contributed by atoms with Gasteiger partial charge in [0.15, 0.2) is 0 Å². The number of aliphatic hydroxyl groups is 1. The highest BCUT2D eigenvalue weighted by Gasteiger charge is 2.47. The number of nitrogens with zero attached hydrogens (tertiary/aromatic N) is 1. The molecule has 0 radical (unpaired) electrons. The molecule has 4 rings (SSSR count). The molecule has 0 saturated carbocycles. The zero-order chi connectivity index (χ0) is 27.1. The van der Waals surface area contributed by atoms with Crippen LogP contribution in [0.4, 0.5) is 5.69 Å². The van der Waals surface area contributed by atoms with Gasteiger partial charge in [0.25, 0.3) is 11.7 Å². The fraction of sp³-hybridized carbons (Fsp3) is 0.312. The van der Waals surface area contributed by atoms with Gasteiger partial charge in [-0.05, 0) is 70.8 Å². The Kier molecular flexibility index (Phi) is 7.00. The number of rotatable bonds is 5. The molecule has 1 heterocycles. The minimum absolute atomic E-state index is 0.0484. The Balaban J connectivity index is 1.92. The smallest absolute Gasteiger partial charge is 0.300 e. The molecule has 192 valence electrons. The van der Waals surface area contributed by atoms with E-state index >= 15 is 0 Å². The predicted molar refractivity (Wildman–Crippen MR) is 148 cm³/mol. The fourth-order valence-corrected chi connectivity index (χ4v) is 4.77. The van der Waals surface area contributed by atoms with Crippen molar-refractivity contribution in [3.8, 4) is 5.75 Å². The zero-order valence-electron chi connectivity index (χ0n) is 22.6. The van der Waals surface area contributed by atoms with Crippen LogP contribution in [0.25, 0.3) is 5.76 Å². The first kappa shape index (κ1) is 26.2. The van der Waals surface area contributed by atoms with Gasteiger partial charge in [-0.1, -0.05) is 71.0 Å². The number of ketones is 1. The number of carbonyl (C=O) groups excluding carboxylic acids is 2. The molecule has 1 atom stereocenters. The van der Waals surface area contributed by atoms with Crippen molar-refractivity contribution in [1.82, 2.24) is 0 Å². The van der Waals surface area contributed by atoms with E-state index in [1.807, 2.05) is 55.5 Å². The summed E-state index contributed by atoms with van der Waals surface area (Å²) in [6, 6.07) is 20.1. The number of aryl methyl sites for hydroxylation is 1. The molecule has 0 spiro atoms. The first-order chi connectivity index (χ1) is 17.4. The van der Waals surface area contributed by atoms with Gasteiger partial charge in [-0.3, -0.25) is 14.5 Å². The van der Waals surface area contributed by atoms with Gasteiger partial charge in [-0.15, -0.1) is 0 Å². The van der Waals surface area contributed by atoms with Crippen LogP contribution in [0.2, 0.25) is 0 Å². The second-order valence-corrected chi connectivity index (χ2v) is 11.0. The maximum Gasteiger partial charge on any atom is 0.300 e. The van der Waals surface area contributed by atoms with E-state index in [0.29, 0.717) is 22.9 Å². The van der Waals surface area contributed by atoms with E-state index in [4.69, 9.17) is 4.74 Å². The van der Waals surface area contributed by atoms with Crippen LogP contribution in [0.5, 0.6) is 5.75 Å². The molecular weight excluding hydrogens is 462 g/mol. The Bertz CT molecular complexity index is 1360. The maximum atomic E-state index is 13.5. The van der Waals surface area contributed by atoms with E-state index in [1.165, 1.54) is 4.90 Å². The second-order valence-electron chi connectivity index (χ2n) is 11.0. The summed E-state index contributed by atoms with van der Waals surface area (Å²) in [5.41, 5.74) is 4.91. The zero-order valence-corrected chi connectivity index (χ0v) is 22.6. The number of anilines is 1. The Morgan fingerprint density at radius 2 is 1.57 bits per heavy atom. The Hall–Kier alpha value is -3.86. The van der Waals surface area contributed by atoms with E-state index in [1.54, 1.807) is 25.3 Å². The molecule has 1 unspecified atom stereocenters. The van der Waals surface area contributed by atoms with Crippen molar-refractivity contribution in [2.75, 3.05) is 12.0 Å². The van der Waals surface area contributed by atoms with Gasteiger partial charge in [-0.25, -0.2) is 0 Å². The van der Waals surface area contributed by atoms with Crippen LogP contribution in [0.3, 0.4) is 0 Å². The molecule has 1 N–H and O–H groups in total. The number of amides is 1. The number of ether oxygens (including phenoxy) is 1. The van der Waals surface area contributed by atoms with Crippen molar-refractivity contribution in [3.63, 3.8) is 0 Å². The standard InChI is InChI=1S/C32H35NO4/c1-19(2)21-10-14-24(15-11-21)33-28(22-8-12-23(13-9-22)32(4,5)6)27(30(35)31(33)36)29(34)26-17-16-25(37-7)18-20(26)3/h8-19,28,34H,1-7H3/b29-27-. The average Bonchev–Trinajstić information content (AvgIpc) is 3.13. The van der Waals surface area contributed by atoms with Crippen molar-refractivity contribution >= 4 is 23.1 Å². The topological polar surface area (TPSA) is 66.8 Å². The minimum Gasteiger partial charge on any atom is -0.507 e. The molecular formula is C32H35NO4. The number of hydrogen-bond acceptors (Lipinski definition) is 4. The van der Waals surface area contributed by atoms with E-state index in [-0.39, 0.29) is 16.7 Å². The summed E-state index contributed by atoms with van der Waals surface area (Å²) in [4.78, 5) is 28.5. The molecule has 3 aromatic carbocycles. The lowest BCUT2D eigenvalue weighted by Gasteiger charge is -2.27. The molecule has 5 nitrogen and oxygen atoms in total. The maximum absolute atomic E-state index is 13.5. The van der Waals surface area contributed by atoms with Crippen LogP contribution < -0.4 is 9.64 Å². The number of carbonyl (C=O) groups is 2. The first-order valence-electron chi connectivity index (χ1n) is 12.6. The molecule has 0 aromatic heterocycles. The molecule has 0 bridgehead atoms. The van der Waals surface area contributed by atoms with Crippen molar-refractivity contribution in [1.29, 1.82) is 0 Å². The van der Waals surface area contributed by atoms with Gasteiger partial charge in [0.05, 0.1) is 18.7 Å². The van der Waals surface area contributed by atoms with Crippen LogP contribution in [-0.4, -0.2) is 23.9 Å². The normalized spacial score (nSPS) is 17.5. The van der Waals surface area contributed by atoms with Crippen molar-refractivity contribution in [3.05, 3.63) is 100 Å². The van der Waals surface area contributed by atoms with Crippen LogP contribution in [0.1, 0.15) is 74.4 Å². The van der Waals surface area contributed by atoms with Gasteiger partial charge >= 0.3 is 0 Å². The van der Waals surface area contributed by atoms with Crippen LogP contribution in [0.15, 0.2) is 72.3 Å². The van der Waals surface area contributed by atoms with E-state index in [0.717, 1.165) is 22.3 Å². The summed E-state index contributed by atoms with van der Waals surface area (Å²) in [6.07, 6.45) is 0. The van der Waals surface area contributed by atoms with Gasteiger partial charge < -0.3 is 9.84 Å². The Morgan fingerprint density at radius 1 is 0.946 bits per heavy atom. The second kappa shape index (κ2) is 9.89. The largest absolute Gasteiger partial charge is 0.507 e. The molecule has 1 fully saturated rings. The van der Waals surface area contributed by atoms with Crippen LogP contribution in [-0.2, 0) is 15.0 Å². The quantitative estimate of drug-likeness (QED) is 0.233. The molecule has 3 aromatic rings. The predicted octanol–water partition coefficient (Wildman–Crippen LogP) is 7.05. The number of benzene rings is 3. The number of Topliss-reactive ketones (excluding diaryl/α,β-unsaturated/α-hetero) is 1. The lowest BCUT2D eigenvalue weighted by molar-refractivity contribution is -0.132. The fourth-order valence-electron chi connectivity index (χ4n) is 4.77. The minimum atomic E-state index is -0.763. The molecule has 1 saturated heterocycles. The highest BCUT2D eigenvalue weighted by molar-refractivity contribution is 6.51. The third-order valence-electron chi connectivity index (χ3n) is 7.06. The highest BCUT2D eigenvalue weighted by atomic mass is 16.5. The van der Waals surface area contributed by atoms with Gasteiger partial charge in [0.2, 0.25) is 0 Å². The summed E-state index contributed by atoms with van der Waals surface area (Å²) in [7, 11) is 1.58. The lowest BCUT2D eigenvalue weighted by atomic mass is 9.85. The van der Waals surface area contributed by atoms with Crippen molar-refractivity contribution < 1.29 is 19.4 Å². The van der Waals surface area contributed by atoms with E-state index in [2.05, 4.69) is 34.6 Å². The summed E-state index contributed by atoms with van der Waals surface area (Å²) >= 11 is 0. The average molecular weight is 498 g/mol. The van der Waals surface area contributed by atoms with Gasteiger partial charge in [0.1, 0.15) is 11.5 Å². The molecule has 1 aliphatic rings. The Morgan fingerprint density at radius 3 is 2.08 bits per heavy atom. The lowest BCUT2D eigenvalue weighted by Crippen LogP contribution is -2.29. The first-order valence-corrected chi connectivity index (χ1v) is 12.6. The molecule has 1 aliphatic heterocycles. The van der Waals surface area contributed by atoms with Crippen LogP contribution in [0, 0.1) is 6.92 Å². The number of methoxy groups -OCH3 is 1. The number of aliphatic hydroxyl groups excluding tert-OH is 1. The summed E-state index contributed by atoms with van der Waals surface area (Å²) in [5, 5.41) is 11.5. The summed E-state index contributed by atoms with van der Waals surface area (Å²) in [5.74, 6) is -0.567. The molecule has 1 amide bonds. The Labute approximate surface area is 219 Å². The van der Waals surface area contributed by atoms with E-state index < -0.39 is 17.7 Å². The molecule has 37 heavy (non-hydrogen) atoms. The van der Waals surface area contributed by atoms with Gasteiger partial charge in [0, 0.05) is 11.3 Å². The molecule has 0 aliphatic carbocycles.